The van der Waals surface area contributed by atoms with E-state index >= 15 is 0 Å². The molecule has 0 atom stereocenters. The molecule has 2 rings (SSSR count). The molecule has 0 heterocycles. The number of ether oxygens (including phenoxy) is 1. The average Bonchev–Trinajstić information content (AvgIpc) is 2.39. The lowest BCUT2D eigenvalue weighted by Crippen LogP contribution is -2.48. The molecule has 0 bridgehead atoms. The average molecular weight is 278 g/mol. The van der Waals surface area contributed by atoms with Gasteiger partial charge in [-0.3, -0.25) is 0 Å². The standard InChI is InChI=1S/C15H22N2OS/c1-18-11-10-16-14(19)17-12-15(8-5-9-15)13-6-3-2-4-7-13/h2-4,6-7H,5,8-12H2,1H3,(H2,16,17,19). The third-order valence-electron chi connectivity index (χ3n) is 3.88. The summed E-state index contributed by atoms with van der Waals surface area (Å²) >= 11 is 5.28. The molecule has 1 saturated carbocycles. The van der Waals surface area contributed by atoms with E-state index in [4.69, 9.17) is 17.0 Å². The van der Waals surface area contributed by atoms with Crippen LogP contribution in [0.1, 0.15) is 24.8 Å². The van der Waals surface area contributed by atoms with E-state index in [0.717, 1.165) is 18.2 Å². The van der Waals surface area contributed by atoms with Gasteiger partial charge < -0.3 is 15.4 Å². The highest BCUT2D eigenvalue weighted by Gasteiger charge is 2.38. The Labute approximate surface area is 120 Å². The summed E-state index contributed by atoms with van der Waals surface area (Å²) in [6.07, 6.45) is 3.79. The van der Waals surface area contributed by atoms with Crippen LogP contribution in [0.15, 0.2) is 30.3 Å². The van der Waals surface area contributed by atoms with E-state index in [-0.39, 0.29) is 5.41 Å². The second kappa shape index (κ2) is 6.87. The fourth-order valence-electron chi connectivity index (χ4n) is 2.54. The summed E-state index contributed by atoms with van der Waals surface area (Å²) in [4.78, 5) is 0. The van der Waals surface area contributed by atoms with Gasteiger partial charge in [0.2, 0.25) is 0 Å². The first-order chi connectivity index (χ1) is 9.27. The van der Waals surface area contributed by atoms with Gasteiger partial charge in [0, 0.05) is 25.6 Å². The Balaban J connectivity index is 1.85. The molecule has 0 aromatic heterocycles. The molecule has 1 aromatic carbocycles. The minimum absolute atomic E-state index is 0.272. The van der Waals surface area contributed by atoms with Crippen molar-refractivity contribution >= 4 is 17.3 Å². The van der Waals surface area contributed by atoms with Crippen LogP contribution in [0, 0.1) is 0 Å². The lowest BCUT2D eigenvalue weighted by molar-refractivity contribution is 0.203. The molecule has 104 valence electrons. The van der Waals surface area contributed by atoms with Crippen molar-refractivity contribution in [3.63, 3.8) is 0 Å². The summed E-state index contributed by atoms with van der Waals surface area (Å²) in [5.74, 6) is 0. The first-order valence-corrected chi connectivity index (χ1v) is 7.24. The van der Waals surface area contributed by atoms with E-state index in [1.807, 2.05) is 0 Å². The fourth-order valence-corrected chi connectivity index (χ4v) is 2.72. The van der Waals surface area contributed by atoms with Crippen LogP contribution in [0.2, 0.25) is 0 Å². The van der Waals surface area contributed by atoms with E-state index < -0.39 is 0 Å². The zero-order valence-corrected chi connectivity index (χ0v) is 12.3. The highest BCUT2D eigenvalue weighted by Crippen LogP contribution is 2.43. The highest BCUT2D eigenvalue weighted by atomic mass is 32.1. The number of nitrogens with one attached hydrogen (secondary N) is 2. The molecule has 1 fully saturated rings. The summed E-state index contributed by atoms with van der Waals surface area (Å²) in [6, 6.07) is 10.7. The molecule has 19 heavy (non-hydrogen) atoms. The number of benzene rings is 1. The Morgan fingerprint density at radius 1 is 1.26 bits per heavy atom. The topological polar surface area (TPSA) is 33.3 Å². The predicted molar refractivity (Wildman–Crippen MR) is 82.5 cm³/mol. The zero-order valence-electron chi connectivity index (χ0n) is 11.4. The number of thiocarbonyl (C=S) groups is 1. The Bertz CT molecular complexity index is 404. The van der Waals surface area contributed by atoms with Gasteiger partial charge in [0.1, 0.15) is 0 Å². The number of hydrogen-bond acceptors (Lipinski definition) is 2. The maximum absolute atomic E-state index is 5.28. The van der Waals surface area contributed by atoms with Crippen molar-refractivity contribution in [1.82, 2.24) is 10.6 Å². The summed E-state index contributed by atoms with van der Waals surface area (Å²) < 4.78 is 4.99. The van der Waals surface area contributed by atoms with Crippen molar-refractivity contribution in [2.45, 2.75) is 24.7 Å². The largest absolute Gasteiger partial charge is 0.383 e. The smallest absolute Gasteiger partial charge is 0.166 e. The highest BCUT2D eigenvalue weighted by molar-refractivity contribution is 7.80. The van der Waals surface area contributed by atoms with E-state index in [2.05, 4.69) is 41.0 Å². The van der Waals surface area contributed by atoms with Gasteiger partial charge in [0.05, 0.1) is 6.61 Å². The van der Waals surface area contributed by atoms with Gasteiger partial charge >= 0.3 is 0 Å². The van der Waals surface area contributed by atoms with Crippen LogP contribution >= 0.6 is 12.2 Å². The molecule has 3 nitrogen and oxygen atoms in total. The van der Waals surface area contributed by atoms with Crippen molar-refractivity contribution in [3.8, 4) is 0 Å². The molecule has 0 amide bonds. The molecule has 0 radical (unpaired) electrons. The van der Waals surface area contributed by atoms with Crippen molar-refractivity contribution < 1.29 is 4.74 Å². The normalized spacial score (nSPS) is 16.5. The van der Waals surface area contributed by atoms with Crippen LogP contribution in [0.25, 0.3) is 0 Å². The van der Waals surface area contributed by atoms with Crippen molar-refractivity contribution in [3.05, 3.63) is 35.9 Å². The summed E-state index contributed by atoms with van der Waals surface area (Å²) in [5.41, 5.74) is 1.70. The lowest BCUT2D eigenvalue weighted by Gasteiger charge is -2.43. The van der Waals surface area contributed by atoms with Crippen LogP contribution in [0.4, 0.5) is 0 Å². The fraction of sp³-hybridized carbons (Fsp3) is 0.533. The Morgan fingerprint density at radius 3 is 2.58 bits per heavy atom. The van der Waals surface area contributed by atoms with Crippen LogP contribution in [-0.4, -0.2) is 31.9 Å². The SMILES string of the molecule is COCCNC(=S)NCC1(c2ccccc2)CCC1. The Kier molecular flexibility index (Phi) is 5.16. The second-order valence-electron chi connectivity index (χ2n) is 5.10. The van der Waals surface area contributed by atoms with Crippen LogP contribution in [-0.2, 0) is 10.2 Å². The Morgan fingerprint density at radius 2 is 2.00 bits per heavy atom. The van der Waals surface area contributed by atoms with E-state index in [1.54, 1.807) is 7.11 Å². The molecular formula is C15H22N2OS. The molecule has 2 N–H and O–H groups in total. The minimum Gasteiger partial charge on any atom is -0.383 e. The van der Waals surface area contributed by atoms with Crippen molar-refractivity contribution in [2.75, 3.05) is 26.8 Å². The van der Waals surface area contributed by atoms with Crippen LogP contribution in [0.5, 0.6) is 0 Å². The third-order valence-corrected chi connectivity index (χ3v) is 4.16. The van der Waals surface area contributed by atoms with E-state index in [1.165, 1.54) is 24.8 Å². The summed E-state index contributed by atoms with van der Waals surface area (Å²) in [6.45, 7) is 2.34. The zero-order chi connectivity index (χ0) is 13.6. The first kappa shape index (κ1) is 14.3. The Hall–Kier alpha value is -1.13. The number of hydrogen-bond donors (Lipinski definition) is 2. The van der Waals surface area contributed by atoms with Gasteiger partial charge in [0.15, 0.2) is 5.11 Å². The van der Waals surface area contributed by atoms with Gasteiger partial charge in [-0.2, -0.15) is 0 Å². The maximum Gasteiger partial charge on any atom is 0.166 e. The molecule has 4 heteroatoms. The van der Waals surface area contributed by atoms with E-state index in [0.29, 0.717) is 6.61 Å². The molecule has 0 aliphatic heterocycles. The first-order valence-electron chi connectivity index (χ1n) is 6.83. The van der Waals surface area contributed by atoms with Gasteiger partial charge in [-0.25, -0.2) is 0 Å². The molecule has 0 saturated heterocycles. The second-order valence-corrected chi connectivity index (χ2v) is 5.51. The maximum atomic E-state index is 5.28. The van der Waals surface area contributed by atoms with Gasteiger partial charge in [-0.15, -0.1) is 0 Å². The lowest BCUT2D eigenvalue weighted by atomic mass is 9.64. The predicted octanol–water partition coefficient (Wildman–Crippen LogP) is 2.22. The molecule has 0 unspecified atom stereocenters. The molecule has 0 spiro atoms. The monoisotopic (exact) mass is 278 g/mol. The molecule has 1 aliphatic rings. The molecule has 1 aliphatic carbocycles. The molecule has 1 aromatic rings. The number of methoxy groups -OCH3 is 1. The van der Waals surface area contributed by atoms with Crippen LogP contribution < -0.4 is 10.6 Å². The van der Waals surface area contributed by atoms with E-state index in [9.17, 15) is 0 Å². The molecular weight excluding hydrogens is 256 g/mol. The number of rotatable bonds is 6. The van der Waals surface area contributed by atoms with Crippen molar-refractivity contribution in [2.24, 2.45) is 0 Å². The quantitative estimate of drug-likeness (QED) is 0.617. The van der Waals surface area contributed by atoms with Gasteiger partial charge in [-0.1, -0.05) is 36.8 Å². The van der Waals surface area contributed by atoms with Crippen LogP contribution in [0.3, 0.4) is 0 Å². The third kappa shape index (κ3) is 3.67. The minimum atomic E-state index is 0.272. The summed E-state index contributed by atoms with van der Waals surface area (Å²) in [5, 5.41) is 7.22. The van der Waals surface area contributed by atoms with Gasteiger partial charge in [-0.05, 0) is 30.6 Å². The van der Waals surface area contributed by atoms with Crippen molar-refractivity contribution in [1.29, 1.82) is 0 Å². The summed E-state index contributed by atoms with van der Waals surface area (Å²) in [7, 11) is 1.69. The van der Waals surface area contributed by atoms with Gasteiger partial charge in [0.25, 0.3) is 0 Å².